The Morgan fingerprint density at radius 2 is 2.15 bits per heavy atom. The number of rotatable bonds is 3. The van der Waals surface area contributed by atoms with Gasteiger partial charge in [0.1, 0.15) is 0 Å². The van der Waals surface area contributed by atoms with E-state index in [1.54, 1.807) is 0 Å². The Hall–Kier alpha value is -1.05. The molecule has 1 rings (SSSR count). The molecule has 0 aromatic rings. The van der Waals surface area contributed by atoms with Crippen molar-refractivity contribution in [3.63, 3.8) is 0 Å². The van der Waals surface area contributed by atoms with E-state index in [0.717, 1.165) is 18.0 Å². The molecule has 2 heteroatoms. The van der Waals surface area contributed by atoms with Crippen molar-refractivity contribution in [1.29, 1.82) is 0 Å². The number of hydrogen-bond acceptors (Lipinski definition) is 1. The predicted octanol–water partition coefficient (Wildman–Crippen LogP) is 2.62. The van der Waals surface area contributed by atoms with Crippen LogP contribution in [0.4, 0.5) is 0 Å². The highest BCUT2D eigenvalue weighted by molar-refractivity contribution is 5.53. The Morgan fingerprint density at radius 3 is 2.69 bits per heavy atom. The molecule has 0 radical (unpaired) electrons. The fourth-order valence-electron chi connectivity index (χ4n) is 1.78. The van der Waals surface area contributed by atoms with Crippen LogP contribution in [0.3, 0.4) is 0 Å². The van der Waals surface area contributed by atoms with Crippen LogP contribution < -0.4 is 5.73 Å². The molecule has 1 saturated carbocycles. The summed E-state index contributed by atoms with van der Waals surface area (Å²) in [5, 5.41) is 0. The van der Waals surface area contributed by atoms with E-state index >= 15 is 0 Å². The minimum Gasteiger partial charge on any atom is -0.390 e. The summed E-state index contributed by atoms with van der Waals surface area (Å²) in [6, 6.07) is 0. The summed E-state index contributed by atoms with van der Waals surface area (Å²) in [6.07, 6.45) is 7.12. The SMILES string of the molecule is C=C1CCC(CC(=C)N=CN)CC1. The first-order valence-corrected chi connectivity index (χ1v) is 4.81. The lowest BCUT2D eigenvalue weighted by molar-refractivity contribution is 0.406. The van der Waals surface area contributed by atoms with Gasteiger partial charge >= 0.3 is 0 Å². The highest BCUT2D eigenvalue weighted by Gasteiger charge is 2.15. The quantitative estimate of drug-likeness (QED) is 0.402. The van der Waals surface area contributed by atoms with Gasteiger partial charge in [0.2, 0.25) is 0 Å². The third-order valence-corrected chi connectivity index (χ3v) is 2.59. The summed E-state index contributed by atoms with van der Waals surface area (Å²) in [5.74, 6) is 0.738. The largest absolute Gasteiger partial charge is 0.390 e. The van der Waals surface area contributed by atoms with Crippen molar-refractivity contribution in [2.75, 3.05) is 0 Å². The maximum Gasteiger partial charge on any atom is 0.0855 e. The third kappa shape index (κ3) is 3.45. The smallest absolute Gasteiger partial charge is 0.0855 e. The Morgan fingerprint density at radius 1 is 1.54 bits per heavy atom. The molecule has 0 unspecified atom stereocenters. The number of allylic oxidation sites excluding steroid dienone is 2. The van der Waals surface area contributed by atoms with Crippen molar-refractivity contribution in [2.45, 2.75) is 32.1 Å². The van der Waals surface area contributed by atoms with Crippen LogP contribution in [0.1, 0.15) is 32.1 Å². The summed E-state index contributed by atoms with van der Waals surface area (Å²) in [7, 11) is 0. The van der Waals surface area contributed by atoms with Crippen LogP contribution in [0.2, 0.25) is 0 Å². The van der Waals surface area contributed by atoms with Gasteiger partial charge in [-0.05, 0) is 38.0 Å². The number of hydrogen-bond donors (Lipinski definition) is 1. The molecule has 0 amide bonds. The van der Waals surface area contributed by atoms with E-state index in [4.69, 9.17) is 5.73 Å². The van der Waals surface area contributed by atoms with Crippen molar-refractivity contribution in [3.8, 4) is 0 Å². The number of nitrogens with zero attached hydrogens (tertiary/aromatic N) is 1. The normalized spacial score (nSPS) is 19.5. The lowest BCUT2D eigenvalue weighted by atomic mass is 9.84. The van der Waals surface area contributed by atoms with Gasteiger partial charge in [-0.2, -0.15) is 0 Å². The van der Waals surface area contributed by atoms with Gasteiger partial charge < -0.3 is 5.73 Å². The molecule has 0 aromatic carbocycles. The Kier molecular flexibility index (Phi) is 3.74. The molecule has 1 aliphatic rings. The van der Waals surface area contributed by atoms with Gasteiger partial charge in [-0.15, -0.1) is 0 Å². The lowest BCUT2D eigenvalue weighted by Gasteiger charge is -2.22. The van der Waals surface area contributed by atoms with Crippen LogP contribution in [-0.2, 0) is 0 Å². The Bertz CT molecular complexity index is 218. The molecule has 0 aliphatic heterocycles. The topological polar surface area (TPSA) is 38.4 Å². The Labute approximate surface area is 80.2 Å². The summed E-state index contributed by atoms with van der Waals surface area (Å²) >= 11 is 0. The van der Waals surface area contributed by atoms with Crippen molar-refractivity contribution < 1.29 is 0 Å². The van der Waals surface area contributed by atoms with E-state index < -0.39 is 0 Å². The Balaban J connectivity index is 2.30. The maximum absolute atomic E-state index is 5.19. The number of nitrogens with two attached hydrogens (primary N) is 1. The minimum atomic E-state index is 0.738. The van der Waals surface area contributed by atoms with E-state index in [-0.39, 0.29) is 0 Å². The summed E-state index contributed by atoms with van der Waals surface area (Å²) in [4.78, 5) is 3.97. The molecule has 2 nitrogen and oxygen atoms in total. The molecule has 0 aromatic heterocycles. The fraction of sp³-hybridized carbons (Fsp3) is 0.545. The van der Waals surface area contributed by atoms with Crippen LogP contribution >= 0.6 is 0 Å². The summed E-state index contributed by atoms with van der Waals surface area (Å²) < 4.78 is 0. The first-order chi connectivity index (χ1) is 6.22. The van der Waals surface area contributed by atoms with E-state index in [1.807, 2.05) is 0 Å². The third-order valence-electron chi connectivity index (χ3n) is 2.59. The number of aliphatic imine (C=N–C) groups is 1. The van der Waals surface area contributed by atoms with E-state index in [1.165, 1.54) is 37.6 Å². The average molecular weight is 178 g/mol. The standard InChI is InChI=1S/C11H18N2/c1-9-3-5-11(6-4-9)7-10(2)13-8-12/h8,11H,1-7H2,(H2,12,13). The minimum absolute atomic E-state index is 0.738. The second kappa shape index (κ2) is 4.85. The molecule has 0 saturated heterocycles. The van der Waals surface area contributed by atoms with E-state index in [2.05, 4.69) is 18.2 Å². The highest BCUT2D eigenvalue weighted by atomic mass is 14.8. The first kappa shape index (κ1) is 10.0. The van der Waals surface area contributed by atoms with Crippen LogP contribution in [0.5, 0.6) is 0 Å². The zero-order valence-corrected chi connectivity index (χ0v) is 8.13. The molecular formula is C11H18N2. The molecule has 0 spiro atoms. The van der Waals surface area contributed by atoms with Gasteiger partial charge in [0.05, 0.1) is 6.34 Å². The summed E-state index contributed by atoms with van der Waals surface area (Å²) in [6.45, 7) is 7.85. The monoisotopic (exact) mass is 178 g/mol. The molecule has 13 heavy (non-hydrogen) atoms. The molecule has 72 valence electrons. The zero-order chi connectivity index (χ0) is 9.68. The first-order valence-electron chi connectivity index (χ1n) is 4.81. The molecule has 0 atom stereocenters. The molecule has 2 N–H and O–H groups in total. The van der Waals surface area contributed by atoms with Crippen LogP contribution in [0.25, 0.3) is 0 Å². The van der Waals surface area contributed by atoms with Crippen molar-refractivity contribution in [2.24, 2.45) is 16.6 Å². The second-order valence-corrected chi connectivity index (χ2v) is 3.74. The van der Waals surface area contributed by atoms with Crippen LogP contribution in [-0.4, -0.2) is 6.34 Å². The average Bonchev–Trinajstić information content (AvgIpc) is 2.09. The van der Waals surface area contributed by atoms with Crippen molar-refractivity contribution in [1.82, 2.24) is 0 Å². The highest BCUT2D eigenvalue weighted by Crippen LogP contribution is 2.30. The van der Waals surface area contributed by atoms with Crippen LogP contribution in [0, 0.1) is 5.92 Å². The van der Waals surface area contributed by atoms with Gasteiger partial charge in [-0.3, -0.25) is 0 Å². The zero-order valence-electron chi connectivity index (χ0n) is 8.13. The molecule has 1 aliphatic carbocycles. The van der Waals surface area contributed by atoms with Gasteiger partial charge in [0.25, 0.3) is 0 Å². The fourth-order valence-corrected chi connectivity index (χ4v) is 1.78. The molecular weight excluding hydrogens is 160 g/mol. The van der Waals surface area contributed by atoms with Crippen molar-refractivity contribution in [3.05, 3.63) is 24.4 Å². The van der Waals surface area contributed by atoms with E-state index in [0.29, 0.717) is 0 Å². The lowest BCUT2D eigenvalue weighted by Crippen LogP contribution is -2.08. The second-order valence-electron chi connectivity index (χ2n) is 3.74. The van der Waals surface area contributed by atoms with E-state index in [9.17, 15) is 0 Å². The molecule has 1 fully saturated rings. The van der Waals surface area contributed by atoms with Crippen LogP contribution in [0.15, 0.2) is 29.4 Å². The van der Waals surface area contributed by atoms with Gasteiger partial charge in [-0.25, -0.2) is 4.99 Å². The summed E-state index contributed by atoms with van der Waals surface area (Å²) in [5.41, 5.74) is 7.49. The van der Waals surface area contributed by atoms with Gasteiger partial charge in [-0.1, -0.05) is 18.7 Å². The molecule has 0 heterocycles. The predicted molar refractivity (Wildman–Crippen MR) is 57.5 cm³/mol. The van der Waals surface area contributed by atoms with Gasteiger partial charge in [0, 0.05) is 5.70 Å². The van der Waals surface area contributed by atoms with Crippen molar-refractivity contribution >= 4 is 6.34 Å². The van der Waals surface area contributed by atoms with Gasteiger partial charge in [0.15, 0.2) is 0 Å². The maximum atomic E-state index is 5.19. The molecule has 0 bridgehead atoms.